The van der Waals surface area contributed by atoms with Gasteiger partial charge in [0.25, 0.3) is 0 Å². The third-order valence-corrected chi connectivity index (χ3v) is 6.76. The van der Waals surface area contributed by atoms with Crippen LogP contribution in [0.1, 0.15) is 37.3 Å². The van der Waals surface area contributed by atoms with Gasteiger partial charge in [-0.15, -0.1) is 0 Å². The molecule has 0 radical (unpaired) electrons. The summed E-state index contributed by atoms with van der Waals surface area (Å²) in [4.78, 5) is 0. The minimum Gasteiger partial charge on any atom is -0.323 e. The Balaban J connectivity index is 1.89. The fourth-order valence-electron chi connectivity index (χ4n) is 3.30. The highest BCUT2D eigenvalue weighted by Crippen LogP contribution is 2.29. The molecule has 1 unspecified atom stereocenters. The summed E-state index contributed by atoms with van der Waals surface area (Å²) in [5, 5.41) is 1.97. The molecule has 21 heavy (non-hydrogen) atoms. The lowest BCUT2D eigenvalue weighted by Gasteiger charge is -2.18. The van der Waals surface area contributed by atoms with Gasteiger partial charge in [-0.2, -0.15) is 0 Å². The second-order valence-electron chi connectivity index (χ2n) is 5.91. The van der Waals surface area contributed by atoms with Crippen LogP contribution in [0.3, 0.4) is 0 Å². The molecular weight excluding hydrogens is 282 g/mol. The molecule has 0 saturated heterocycles. The van der Waals surface area contributed by atoms with Crippen molar-refractivity contribution in [3.63, 3.8) is 0 Å². The predicted molar refractivity (Wildman–Crippen MR) is 86.9 cm³/mol. The maximum Gasteiger partial charge on any atom is 0.155 e. The van der Waals surface area contributed by atoms with E-state index in [1.165, 1.54) is 0 Å². The molecule has 0 bridgehead atoms. The Kier molecular flexibility index (Phi) is 4.00. The van der Waals surface area contributed by atoms with E-state index in [4.69, 9.17) is 5.73 Å². The molecule has 112 valence electrons. The molecule has 1 aliphatic carbocycles. The van der Waals surface area contributed by atoms with Crippen molar-refractivity contribution in [2.75, 3.05) is 5.75 Å². The van der Waals surface area contributed by atoms with Gasteiger partial charge in [0.15, 0.2) is 9.84 Å². The van der Waals surface area contributed by atoms with Gasteiger partial charge in [-0.1, -0.05) is 55.3 Å². The van der Waals surface area contributed by atoms with Gasteiger partial charge in [0.2, 0.25) is 0 Å². The molecule has 3 nitrogen and oxygen atoms in total. The number of benzene rings is 2. The van der Waals surface area contributed by atoms with Crippen LogP contribution in [0.15, 0.2) is 42.5 Å². The molecule has 0 aromatic heterocycles. The SMILES string of the molecule is NC(CS(=O)(=O)C1CCCC1)c1cccc2ccccc12. The van der Waals surface area contributed by atoms with Crippen LogP contribution in [0.4, 0.5) is 0 Å². The normalized spacial score (nSPS) is 18.1. The molecule has 0 spiro atoms. The molecule has 1 saturated carbocycles. The average molecular weight is 303 g/mol. The standard InChI is InChI=1S/C17H21NO2S/c18-17(12-21(19,20)14-8-2-3-9-14)16-11-5-7-13-6-1-4-10-15(13)16/h1,4-7,10-11,14,17H,2-3,8-9,12,18H2. The molecule has 0 aliphatic heterocycles. The fourth-order valence-corrected chi connectivity index (χ4v) is 5.30. The Bertz CT molecular complexity index is 728. The molecule has 1 fully saturated rings. The molecule has 2 N–H and O–H groups in total. The predicted octanol–water partition coefficient (Wildman–Crippen LogP) is 3.20. The van der Waals surface area contributed by atoms with Crippen LogP contribution >= 0.6 is 0 Å². The number of rotatable bonds is 4. The van der Waals surface area contributed by atoms with E-state index in [2.05, 4.69) is 0 Å². The van der Waals surface area contributed by atoms with E-state index in [1.807, 2.05) is 42.5 Å². The molecule has 0 heterocycles. The first-order valence-corrected chi connectivity index (χ1v) is 9.24. The van der Waals surface area contributed by atoms with E-state index >= 15 is 0 Å². The van der Waals surface area contributed by atoms with Crippen molar-refractivity contribution in [2.45, 2.75) is 37.0 Å². The van der Waals surface area contributed by atoms with Crippen LogP contribution in [-0.2, 0) is 9.84 Å². The topological polar surface area (TPSA) is 60.2 Å². The van der Waals surface area contributed by atoms with Gasteiger partial charge in [0, 0.05) is 6.04 Å². The largest absolute Gasteiger partial charge is 0.323 e. The van der Waals surface area contributed by atoms with Crippen molar-refractivity contribution in [3.8, 4) is 0 Å². The van der Waals surface area contributed by atoms with Crippen LogP contribution < -0.4 is 5.73 Å². The van der Waals surface area contributed by atoms with Crippen LogP contribution in [0.5, 0.6) is 0 Å². The highest BCUT2D eigenvalue weighted by atomic mass is 32.2. The van der Waals surface area contributed by atoms with Crippen molar-refractivity contribution < 1.29 is 8.42 Å². The lowest BCUT2D eigenvalue weighted by molar-refractivity contribution is 0.573. The number of fused-ring (bicyclic) bond motifs is 1. The van der Waals surface area contributed by atoms with E-state index in [0.29, 0.717) is 0 Å². The van der Waals surface area contributed by atoms with E-state index < -0.39 is 15.9 Å². The van der Waals surface area contributed by atoms with Crippen LogP contribution in [0.2, 0.25) is 0 Å². The number of hydrogen-bond acceptors (Lipinski definition) is 3. The molecule has 2 aromatic rings. The maximum atomic E-state index is 12.5. The first-order chi connectivity index (χ1) is 10.1. The lowest BCUT2D eigenvalue weighted by atomic mass is 10.0. The Morgan fingerprint density at radius 3 is 2.48 bits per heavy atom. The molecule has 1 atom stereocenters. The van der Waals surface area contributed by atoms with Gasteiger partial charge in [-0.25, -0.2) is 8.42 Å². The summed E-state index contributed by atoms with van der Waals surface area (Å²) in [6.45, 7) is 0. The Morgan fingerprint density at radius 1 is 1.05 bits per heavy atom. The van der Waals surface area contributed by atoms with Gasteiger partial charge in [-0.3, -0.25) is 0 Å². The molecular formula is C17H21NO2S. The highest BCUT2D eigenvalue weighted by Gasteiger charge is 2.30. The van der Waals surface area contributed by atoms with E-state index in [9.17, 15) is 8.42 Å². The molecule has 0 amide bonds. The van der Waals surface area contributed by atoms with Crippen LogP contribution in [-0.4, -0.2) is 19.4 Å². The van der Waals surface area contributed by atoms with Crippen molar-refractivity contribution >= 4 is 20.6 Å². The summed E-state index contributed by atoms with van der Waals surface area (Å²) in [5.74, 6) is 0.0473. The second-order valence-corrected chi connectivity index (χ2v) is 8.24. The first kappa shape index (κ1) is 14.5. The fraction of sp³-hybridized carbons (Fsp3) is 0.412. The van der Waals surface area contributed by atoms with Crippen LogP contribution in [0, 0.1) is 0 Å². The molecule has 1 aliphatic rings. The minimum absolute atomic E-state index is 0.0473. The first-order valence-electron chi connectivity index (χ1n) is 7.53. The maximum absolute atomic E-state index is 12.5. The summed E-state index contributed by atoms with van der Waals surface area (Å²) in [7, 11) is -3.10. The van der Waals surface area contributed by atoms with Gasteiger partial charge in [0.1, 0.15) is 0 Å². The third-order valence-electron chi connectivity index (χ3n) is 4.44. The average Bonchev–Trinajstić information content (AvgIpc) is 3.01. The number of sulfone groups is 1. The summed E-state index contributed by atoms with van der Waals surface area (Å²) in [5.41, 5.74) is 7.16. The van der Waals surface area contributed by atoms with Gasteiger partial charge in [0.05, 0.1) is 11.0 Å². The molecule has 4 heteroatoms. The minimum atomic E-state index is -3.10. The van der Waals surface area contributed by atoms with Gasteiger partial charge >= 0.3 is 0 Å². The Labute approximate surface area is 126 Å². The smallest absolute Gasteiger partial charge is 0.155 e. The van der Waals surface area contributed by atoms with Crippen molar-refractivity contribution in [1.82, 2.24) is 0 Å². The zero-order valence-corrected chi connectivity index (χ0v) is 12.9. The molecule has 2 aromatic carbocycles. The van der Waals surface area contributed by atoms with Crippen molar-refractivity contribution in [3.05, 3.63) is 48.0 Å². The zero-order valence-electron chi connectivity index (χ0n) is 12.0. The zero-order chi connectivity index (χ0) is 14.9. The second kappa shape index (κ2) is 5.78. The third kappa shape index (κ3) is 2.97. The quantitative estimate of drug-likeness (QED) is 0.943. The van der Waals surface area contributed by atoms with Crippen LogP contribution in [0.25, 0.3) is 10.8 Å². The van der Waals surface area contributed by atoms with Gasteiger partial charge in [-0.05, 0) is 29.2 Å². The Morgan fingerprint density at radius 2 is 1.71 bits per heavy atom. The lowest BCUT2D eigenvalue weighted by Crippen LogP contribution is -2.28. The Hall–Kier alpha value is -1.39. The monoisotopic (exact) mass is 303 g/mol. The highest BCUT2D eigenvalue weighted by molar-refractivity contribution is 7.92. The summed E-state index contributed by atoms with van der Waals surface area (Å²) in [6.07, 6.45) is 3.63. The molecule has 3 rings (SSSR count). The number of hydrogen-bond donors (Lipinski definition) is 1. The summed E-state index contributed by atoms with van der Waals surface area (Å²) in [6, 6.07) is 13.4. The summed E-state index contributed by atoms with van der Waals surface area (Å²) < 4.78 is 24.9. The van der Waals surface area contributed by atoms with Crippen molar-refractivity contribution in [1.29, 1.82) is 0 Å². The number of nitrogens with two attached hydrogens (primary N) is 1. The van der Waals surface area contributed by atoms with E-state index in [1.54, 1.807) is 0 Å². The van der Waals surface area contributed by atoms with Crippen molar-refractivity contribution in [2.24, 2.45) is 5.73 Å². The summed E-state index contributed by atoms with van der Waals surface area (Å²) >= 11 is 0. The van der Waals surface area contributed by atoms with E-state index in [0.717, 1.165) is 42.0 Å². The van der Waals surface area contributed by atoms with Gasteiger partial charge < -0.3 is 5.73 Å². The van der Waals surface area contributed by atoms with E-state index in [-0.39, 0.29) is 11.0 Å².